The van der Waals surface area contributed by atoms with Crippen LogP contribution in [0.25, 0.3) is 0 Å². The molecule has 2 rings (SSSR count). The Morgan fingerprint density at radius 1 is 1.50 bits per heavy atom. The van der Waals surface area contributed by atoms with Gasteiger partial charge in [0.2, 0.25) is 5.13 Å². The third kappa shape index (κ3) is 3.19. The first-order chi connectivity index (χ1) is 8.70. The van der Waals surface area contributed by atoms with E-state index in [1.807, 2.05) is 4.90 Å². The number of hydrogen-bond donors (Lipinski definition) is 1. The molecule has 0 aromatic carbocycles. The number of aromatic nitrogens is 2. The topological polar surface area (TPSA) is 66.3 Å². The molecule has 0 bridgehead atoms. The Morgan fingerprint density at radius 3 is 2.83 bits per heavy atom. The summed E-state index contributed by atoms with van der Waals surface area (Å²) in [5.41, 5.74) is 0. The van der Waals surface area contributed by atoms with E-state index in [0.29, 0.717) is 6.04 Å². The maximum Gasteiger partial charge on any atom is 0.323 e. The Balaban J connectivity index is 2.12. The van der Waals surface area contributed by atoms with Gasteiger partial charge in [-0.25, -0.2) is 4.98 Å². The molecule has 0 amide bonds. The molecule has 0 unspecified atom stereocenters. The minimum Gasteiger partial charge on any atom is -0.480 e. The summed E-state index contributed by atoms with van der Waals surface area (Å²) in [6, 6.07) is 0.323. The Bertz CT molecular complexity index is 402. The van der Waals surface area contributed by atoms with Crippen molar-refractivity contribution < 1.29 is 9.90 Å². The number of carboxylic acids is 1. The summed E-state index contributed by atoms with van der Waals surface area (Å²) in [5.74, 6) is 0.0417. The molecule has 1 heterocycles. The molecule has 1 aliphatic carbocycles. The summed E-state index contributed by atoms with van der Waals surface area (Å²) in [5, 5.41) is 9.80. The highest BCUT2D eigenvalue weighted by Crippen LogP contribution is 2.29. The van der Waals surface area contributed by atoms with Crippen LogP contribution in [0.15, 0.2) is 0 Å². The zero-order chi connectivity index (χ0) is 13.0. The van der Waals surface area contributed by atoms with Crippen molar-refractivity contribution in [1.29, 1.82) is 0 Å². The number of carbonyl (C=O) groups is 1. The largest absolute Gasteiger partial charge is 0.480 e. The first-order valence-corrected chi connectivity index (χ1v) is 7.29. The van der Waals surface area contributed by atoms with Gasteiger partial charge in [0, 0.05) is 24.0 Å². The molecular formula is C12H19N3O2S. The van der Waals surface area contributed by atoms with Crippen molar-refractivity contribution in [2.24, 2.45) is 0 Å². The average Bonchev–Trinajstić information content (AvgIpc) is 2.97. The third-order valence-electron chi connectivity index (χ3n) is 3.25. The van der Waals surface area contributed by atoms with E-state index < -0.39 is 5.97 Å². The minimum absolute atomic E-state index is 0.0332. The van der Waals surface area contributed by atoms with Gasteiger partial charge in [-0.05, 0) is 19.3 Å². The number of aryl methyl sites for hydroxylation is 1. The standard InChI is InChI=1S/C12H19N3O2S/c1-2-5-10-13-12(18-14-10)15(8-11(16)17)9-6-3-4-7-9/h9H,2-8H2,1H3,(H,16,17). The SMILES string of the molecule is CCCc1nsc(N(CC(=O)O)C2CCCC2)n1. The lowest BCUT2D eigenvalue weighted by Gasteiger charge is -2.26. The number of nitrogens with zero attached hydrogens (tertiary/aromatic N) is 3. The Labute approximate surface area is 111 Å². The van der Waals surface area contributed by atoms with Crippen molar-refractivity contribution in [3.05, 3.63) is 5.82 Å². The Hall–Kier alpha value is -1.17. The maximum atomic E-state index is 11.0. The third-order valence-corrected chi connectivity index (χ3v) is 4.04. The molecule has 0 saturated heterocycles. The lowest BCUT2D eigenvalue weighted by molar-refractivity contribution is -0.135. The molecule has 0 spiro atoms. The van der Waals surface area contributed by atoms with Gasteiger partial charge in [0.05, 0.1) is 0 Å². The van der Waals surface area contributed by atoms with Gasteiger partial charge >= 0.3 is 5.97 Å². The van der Waals surface area contributed by atoms with E-state index in [-0.39, 0.29) is 6.54 Å². The molecule has 1 aliphatic rings. The molecule has 5 nitrogen and oxygen atoms in total. The number of anilines is 1. The molecule has 1 aromatic heterocycles. The van der Waals surface area contributed by atoms with Crippen molar-refractivity contribution in [2.45, 2.75) is 51.5 Å². The number of carboxylic acid groups (broad SMARTS) is 1. The van der Waals surface area contributed by atoms with E-state index in [0.717, 1.165) is 36.6 Å². The predicted octanol–water partition coefficient (Wildman–Crippen LogP) is 2.32. The van der Waals surface area contributed by atoms with E-state index in [2.05, 4.69) is 16.3 Å². The van der Waals surface area contributed by atoms with Crippen molar-refractivity contribution in [1.82, 2.24) is 9.36 Å². The van der Waals surface area contributed by atoms with Crippen molar-refractivity contribution in [3.8, 4) is 0 Å². The predicted molar refractivity (Wildman–Crippen MR) is 71.1 cm³/mol. The second-order valence-corrected chi connectivity index (χ2v) is 5.43. The van der Waals surface area contributed by atoms with Crippen LogP contribution in [0.4, 0.5) is 5.13 Å². The quantitative estimate of drug-likeness (QED) is 0.858. The van der Waals surface area contributed by atoms with Crippen molar-refractivity contribution >= 4 is 22.6 Å². The summed E-state index contributed by atoms with van der Waals surface area (Å²) < 4.78 is 4.30. The smallest absolute Gasteiger partial charge is 0.323 e. The van der Waals surface area contributed by atoms with Crippen LogP contribution in [0.3, 0.4) is 0 Å². The minimum atomic E-state index is -0.797. The van der Waals surface area contributed by atoms with Gasteiger partial charge in [-0.3, -0.25) is 4.79 Å². The highest BCUT2D eigenvalue weighted by molar-refractivity contribution is 7.09. The van der Waals surface area contributed by atoms with Gasteiger partial charge in [-0.15, -0.1) is 0 Å². The fraction of sp³-hybridized carbons (Fsp3) is 0.750. The summed E-state index contributed by atoms with van der Waals surface area (Å²) in [7, 11) is 0. The average molecular weight is 269 g/mol. The van der Waals surface area contributed by atoms with Gasteiger partial charge in [0.1, 0.15) is 12.4 Å². The fourth-order valence-electron chi connectivity index (χ4n) is 2.40. The van der Waals surface area contributed by atoms with Crippen LogP contribution in [0.2, 0.25) is 0 Å². The molecule has 0 radical (unpaired) electrons. The van der Waals surface area contributed by atoms with Crippen LogP contribution in [-0.4, -0.2) is 33.0 Å². The van der Waals surface area contributed by atoms with E-state index in [4.69, 9.17) is 5.11 Å². The number of aliphatic carboxylic acids is 1. The highest BCUT2D eigenvalue weighted by atomic mass is 32.1. The van der Waals surface area contributed by atoms with Crippen LogP contribution in [0, 0.1) is 0 Å². The van der Waals surface area contributed by atoms with Crippen LogP contribution in [0.1, 0.15) is 44.9 Å². The summed E-state index contributed by atoms with van der Waals surface area (Å²) in [6.07, 6.45) is 6.37. The van der Waals surface area contributed by atoms with Crippen LogP contribution < -0.4 is 4.90 Å². The molecule has 100 valence electrons. The van der Waals surface area contributed by atoms with E-state index in [9.17, 15) is 4.79 Å². The second kappa shape index (κ2) is 6.13. The molecule has 1 fully saturated rings. The van der Waals surface area contributed by atoms with E-state index in [1.54, 1.807) is 0 Å². The highest BCUT2D eigenvalue weighted by Gasteiger charge is 2.27. The molecule has 0 aliphatic heterocycles. The molecule has 0 atom stereocenters. The van der Waals surface area contributed by atoms with Gasteiger partial charge in [-0.2, -0.15) is 4.37 Å². The fourth-order valence-corrected chi connectivity index (χ4v) is 3.18. The van der Waals surface area contributed by atoms with Gasteiger partial charge in [-0.1, -0.05) is 19.8 Å². The summed E-state index contributed by atoms with van der Waals surface area (Å²) >= 11 is 1.33. The van der Waals surface area contributed by atoms with Gasteiger partial charge in [0.15, 0.2) is 0 Å². The van der Waals surface area contributed by atoms with Crippen LogP contribution in [0.5, 0.6) is 0 Å². The molecule has 1 N–H and O–H groups in total. The van der Waals surface area contributed by atoms with Crippen LogP contribution in [-0.2, 0) is 11.2 Å². The van der Waals surface area contributed by atoms with Gasteiger partial charge in [0.25, 0.3) is 0 Å². The number of hydrogen-bond acceptors (Lipinski definition) is 5. The van der Waals surface area contributed by atoms with Crippen molar-refractivity contribution in [2.75, 3.05) is 11.4 Å². The van der Waals surface area contributed by atoms with Crippen molar-refractivity contribution in [3.63, 3.8) is 0 Å². The number of rotatable bonds is 6. The summed E-state index contributed by atoms with van der Waals surface area (Å²) in [6.45, 7) is 2.12. The van der Waals surface area contributed by atoms with Crippen LogP contribution >= 0.6 is 11.5 Å². The van der Waals surface area contributed by atoms with E-state index >= 15 is 0 Å². The van der Waals surface area contributed by atoms with Gasteiger partial charge < -0.3 is 10.0 Å². The molecule has 18 heavy (non-hydrogen) atoms. The first-order valence-electron chi connectivity index (χ1n) is 6.51. The maximum absolute atomic E-state index is 11.0. The lowest BCUT2D eigenvalue weighted by atomic mass is 10.2. The second-order valence-electron chi connectivity index (χ2n) is 4.70. The van der Waals surface area contributed by atoms with E-state index in [1.165, 1.54) is 24.4 Å². The summed E-state index contributed by atoms with van der Waals surface area (Å²) in [4.78, 5) is 17.4. The molecule has 1 aromatic rings. The molecular weight excluding hydrogens is 250 g/mol. The normalized spacial score (nSPS) is 16.1. The first kappa shape index (κ1) is 13.3. The Morgan fingerprint density at radius 2 is 2.22 bits per heavy atom. The Kier molecular flexibility index (Phi) is 4.52. The zero-order valence-corrected chi connectivity index (χ0v) is 11.4. The lowest BCUT2D eigenvalue weighted by Crippen LogP contribution is -2.37. The zero-order valence-electron chi connectivity index (χ0n) is 10.6. The molecule has 1 saturated carbocycles. The monoisotopic (exact) mass is 269 g/mol. The molecule has 6 heteroatoms.